The van der Waals surface area contributed by atoms with Crippen molar-refractivity contribution in [1.29, 1.82) is 0 Å². The molecule has 0 radical (unpaired) electrons. The largest absolute Gasteiger partial charge is 0.487 e. The van der Waals surface area contributed by atoms with Crippen LogP contribution in [0.5, 0.6) is 5.75 Å². The normalized spacial score (nSPS) is 21.4. The standard InChI is InChI=1S/C31H31ClF3N5O5/c1-38-27(31(33,34)35)23(36-37-38)16-45-25-11-10-22(32)21-12-13-40(29(42)19-8-4-5-9-20(19)30(43)44)24(26(21)25)15-39-14-17-6-2-3-7-18(17)28(39)41/h2-3,6-7,10-11,19-20,24H,4-5,8-9,12-16H2,1H3,(H,43,44)/t19-,20+,24?/m1/s1. The Morgan fingerprint density at radius 3 is 2.56 bits per heavy atom. The molecule has 0 bridgehead atoms. The van der Waals surface area contributed by atoms with Crippen molar-refractivity contribution in [2.45, 2.75) is 57.5 Å². The monoisotopic (exact) mass is 645 g/mol. The number of carbonyl (C=O) groups is 3. The highest BCUT2D eigenvalue weighted by molar-refractivity contribution is 6.31. The highest BCUT2D eigenvalue weighted by Crippen LogP contribution is 2.44. The molecule has 14 heteroatoms. The number of alkyl halides is 3. The maximum Gasteiger partial charge on any atom is 0.435 e. The van der Waals surface area contributed by atoms with Crippen molar-refractivity contribution in [3.05, 3.63) is 75.1 Å². The Bertz CT molecular complexity index is 1660. The van der Waals surface area contributed by atoms with E-state index in [4.69, 9.17) is 16.3 Å². The van der Waals surface area contributed by atoms with Crippen LogP contribution >= 0.6 is 11.6 Å². The average molecular weight is 646 g/mol. The fraction of sp³-hybridized carbons (Fsp3) is 0.452. The van der Waals surface area contributed by atoms with Crippen LogP contribution < -0.4 is 4.74 Å². The first-order valence-electron chi connectivity index (χ1n) is 14.8. The van der Waals surface area contributed by atoms with Gasteiger partial charge in [0, 0.05) is 42.8 Å². The van der Waals surface area contributed by atoms with E-state index in [0.29, 0.717) is 58.6 Å². The van der Waals surface area contributed by atoms with E-state index in [1.54, 1.807) is 28.0 Å². The second-order valence-electron chi connectivity index (χ2n) is 11.7. The molecule has 3 atom stereocenters. The lowest BCUT2D eigenvalue weighted by Gasteiger charge is -2.43. The quantitative estimate of drug-likeness (QED) is 0.383. The Kier molecular flexibility index (Phi) is 8.23. The van der Waals surface area contributed by atoms with Gasteiger partial charge in [0.05, 0.1) is 17.9 Å². The average Bonchev–Trinajstić information content (AvgIpc) is 3.55. The molecule has 0 spiro atoms. The molecule has 1 unspecified atom stereocenters. The maximum absolute atomic E-state index is 14.2. The van der Waals surface area contributed by atoms with Crippen LogP contribution in [-0.2, 0) is 42.4 Å². The van der Waals surface area contributed by atoms with Crippen LogP contribution in [0.3, 0.4) is 0 Å². The summed E-state index contributed by atoms with van der Waals surface area (Å²) in [5.74, 6) is -2.96. The molecule has 238 valence electrons. The summed E-state index contributed by atoms with van der Waals surface area (Å²) in [7, 11) is 1.14. The van der Waals surface area contributed by atoms with E-state index in [-0.39, 0.29) is 30.7 Å². The van der Waals surface area contributed by atoms with Gasteiger partial charge in [0.15, 0.2) is 5.69 Å². The molecule has 10 nitrogen and oxygen atoms in total. The second-order valence-corrected chi connectivity index (χ2v) is 12.1. The number of hydrogen-bond donors (Lipinski definition) is 1. The number of halogens is 4. The van der Waals surface area contributed by atoms with Crippen molar-refractivity contribution in [2.75, 3.05) is 13.1 Å². The van der Waals surface area contributed by atoms with Gasteiger partial charge < -0.3 is 19.6 Å². The zero-order valence-electron chi connectivity index (χ0n) is 24.4. The fourth-order valence-electron chi connectivity index (χ4n) is 6.96. The number of aromatic nitrogens is 3. The summed E-state index contributed by atoms with van der Waals surface area (Å²) in [4.78, 5) is 43.1. The number of aliphatic carboxylic acids is 1. The molecule has 2 amide bonds. The van der Waals surface area contributed by atoms with E-state index < -0.39 is 48.0 Å². The van der Waals surface area contributed by atoms with Gasteiger partial charge in [-0.3, -0.25) is 14.4 Å². The molecule has 45 heavy (non-hydrogen) atoms. The van der Waals surface area contributed by atoms with Crippen LogP contribution in [0.25, 0.3) is 0 Å². The summed E-state index contributed by atoms with van der Waals surface area (Å²) in [6, 6.07) is 9.53. The van der Waals surface area contributed by atoms with Gasteiger partial charge in [-0.15, -0.1) is 5.10 Å². The summed E-state index contributed by atoms with van der Waals surface area (Å²) >= 11 is 6.65. The molecule has 1 aliphatic carbocycles. The number of benzene rings is 2. The number of carboxylic acid groups (broad SMARTS) is 1. The predicted molar refractivity (Wildman–Crippen MR) is 154 cm³/mol. The van der Waals surface area contributed by atoms with Crippen LogP contribution in [0.2, 0.25) is 5.02 Å². The van der Waals surface area contributed by atoms with Gasteiger partial charge in [-0.1, -0.05) is 47.9 Å². The second kappa shape index (κ2) is 12.0. The molecule has 1 saturated carbocycles. The molecule has 2 aliphatic heterocycles. The molecule has 0 saturated heterocycles. The van der Waals surface area contributed by atoms with E-state index in [0.717, 1.165) is 19.0 Å². The molecule has 3 heterocycles. The minimum Gasteiger partial charge on any atom is -0.487 e. The van der Waals surface area contributed by atoms with Gasteiger partial charge in [0.1, 0.15) is 18.1 Å². The fourth-order valence-corrected chi connectivity index (χ4v) is 7.21. The van der Waals surface area contributed by atoms with E-state index in [1.165, 1.54) is 6.07 Å². The van der Waals surface area contributed by atoms with Crippen molar-refractivity contribution < 1.29 is 37.4 Å². The molecule has 1 N–H and O–H groups in total. The molecule has 1 fully saturated rings. The summed E-state index contributed by atoms with van der Waals surface area (Å²) in [6.45, 7) is 0.0107. The summed E-state index contributed by atoms with van der Waals surface area (Å²) < 4.78 is 47.9. The number of hydrogen-bond acceptors (Lipinski definition) is 6. The molecule has 6 rings (SSSR count). The van der Waals surface area contributed by atoms with E-state index >= 15 is 0 Å². The SMILES string of the molecule is Cn1nnc(COc2ccc(Cl)c3c2C(CN2Cc4ccccc4C2=O)N(C(=O)[C@@H]2CCCC[C@@H]2C(=O)O)CC3)c1C(F)(F)F. The predicted octanol–water partition coefficient (Wildman–Crippen LogP) is 5.04. The summed E-state index contributed by atoms with van der Waals surface area (Å²) in [5.41, 5.74) is 1.06. The molecule has 2 aromatic carbocycles. The Hall–Kier alpha value is -4.13. The number of amides is 2. The number of ether oxygens (including phenoxy) is 1. The Balaban J connectivity index is 1.39. The molecule has 3 aromatic rings. The summed E-state index contributed by atoms with van der Waals surface area (Å²) in [5, 5.41) is 17.5. The lowest BCUT2D eigenvalue weighted by Crippen LogP contribution is -2.50. The van der Waals surface area contributed by atoms with Gasteiger partial charge >= 0.3 is 12.1 Å². The number of aryl methyl sites for hydroxylation is 1. The Morgan fingerprint density at radius 1 is 1.11 bits per heavy atom. The lowest BCUT2D eigenvalue weighted by molar-refractivity contribution is -0.153. The Labute approximate surface area is 261 Å². The topological polar surface area (TPSA) is 118 Å². The number of carboxylic acids is 1. The lowest BCUT2D eigenvalue weighted by atomic mass is 9.77. The number of nitrogens with zero attached hydrogens (tertiary/aromatic N) is 5. The molecular formula is C31H31ClF3N5O5. The molecule has 1 aromatic heterocycles. The van der Waals surface area contributed by atoms with Crippen LogP contribution in [0.1, 0.15) is 70.2 Å². The first-order chi connectivity index (χ1) is 21.5. The van der Waals surface area contributed by atoms with Crippen molar-refractivity contribution in [3.63, 3.8) is 0 Å². The minimum absolute atomic E-state index is 0.0480. The third kappa shape index (κ3) is 5.73. The van der Waals surface area contributed by atoms with Crippen LogP contribution in [0, 0.1) is 11.8 Å². The van der Waals surface area contributed by atoms with Crippen molar-refractivity contribution in [1.82, 2.24) is 24.8 Å². The van der Waals surface area contributed by atoms with Crippen LogP contribution in [-0.4, -0.2) is 60.8 Å². The molecular weight excluding hydrogens is 615 g/mol. The van der Waals surface area contributed by atoms with Crippen LogP contribution in [0.4, 0.5) is 13.2 Å². The van der Waals surface area contributed by atoms with Gasteiger partial charge in [-0.25, -0.2) is 4.68 Å². The number of fused-ring (bicyclic) bond motifs is 2. The first kappa shape index (κ1) is 30.9. The van der Waals surface area contributed by atoms with E-state index in [9.17, 15) is 32.7 Å². The Morgan fingerprint density at radius 2 is 1.84 bits per heavy atom. The first-order valence-corrected chi connectivity index (χ1v) is 15.1. The van der Waals surface area contributed by atoms with E-state index in [2.05, 4.69) is 10.3 Å². The maximum atomic E-state index is 14.2. The zero-order chi connectivity index (χ0) is 32.0. The van der Waals surface area contributed by atoms with E-state index in [1.807, 2.05) is 12.1 Å². The van der Waals surface area contributed by atoms with Gasteiger partial charge in [-0.2, -0.15) is 13.2 Å². The zero-order valence-corrected chi connectivity index (χ0v) is 25.1. The van der Waals surface area contributed by atoms with Gasteiger partial charge in [0.2, 0.25) is 5.91 Å². The van der Waals surface area contributed by atoms with Crippen molar-refractivity contribution in [2.24, 2.45) is 18.9 Å². The minimum atomic E-state index is -4.71. The van der Waals surface area contributed by atoms with Gasteiger partial charge in [0.25, 0.3) is 5.91 Å². The third-order valence-electron chi connectivity index (χ3n) is 9.07. The van der Waals surface area contributed by atoms with Crippen molar-refractivity contribution in [3.8, 4) is 5.75 Å². The van der Waals surface area contributed by atoms with Crippen molar-refractivity contribution >= 4 is 29.4 Å². The van der Waals surface area contributed by atoms with Crippen LogP contribution in [0.15, 0.2) is 36.4 Å². The highest BCUT2D eigenvalue weighted by Gasteiger charge is 2.44. The van der Waals surface area contributed by atoms with Gasteiger partial charge in [-0.05, 0) is 48.6 Å². The third-order valence-corrected chi connectivity index (χ3v) is 9.43. The highest BCUT2D eigenvalue weighted by atomic mass is 35.5. The molecule has 3 aliphatic rings. The smallest absolute Gasteiger partial charge is 0.435 e. The summed E-state index contributed by atoms with van der Waals surface area (Å²) in [6.07, 6.45) is -2.16. The number of carbonyl (C=O) groups excluding carboxylic acids is 2. The number of rotatable bonds is 7.